The topological polar surface area (TPSA) is 92.0 Å². The lowest BCUT2D eigenvalue weighted by Gasteiger charge is -2.23. The number of furan rings is 1. The summed E-state index contributed by atoms with van der Waals surface area (Å²) in [6.45, 7) is 1.31. The molecular formula is C15H16ClN3O4S. The second-order valence-electron chi connectivity index (χ2n) is 5.01. The number of amides is 1. The number of hydrogen-bond acceptors (Lipinski definition) is 5. The van der Waals surface area contributed by atoms with Crippen molar-refractivity contribution in [3.8, 4) is 0 Å². The second-order valence-corrected chi connectivity index (χ2v) is 7.35. The first-order valence-electron chi connectivity index (χ1n) is 6.86. The minimum Gasteiger partial charge on any atom is -0.463 e. The molecule has 1 aromatic carbocycles. The van der Waals surface area contributed by atoms with Gasteiger partial charge in [0.2, 0.25) is 10.0 Å². The van der Waals surface area contributed by atoms with E-state index in [9.17, 15) is 13.2 Å². The summed E-state index contributed by atoms with van der Waals surface area (Å²) in [6, 6.07) is 8.17. The summed E-state index contributed by atoms with van der Waals surface area (Å²) >= 11 is 5.93. The molecule has 0 aliphatic heterocycles. The van der Waals surface area contributed by atoms with Gasteiger partial charge >= 0.3 is 0 Å². The van der Waals surface area contributed by atoms with Crippen LogP contribution < -0.4 is 9.73 Å². The molecule has 1 N–H and O–H groups in total. The lowest BCUT2D eigenvalue weighted by molar-refractivity contribution is -0.119. The van der Waals surface area contributed by atoms with Crippen molar-refractivity contribution in [2.45, 2.75) is 6.92 Å². The van der Waals surface area contributed by atoms with E-state index in [1.54, 1.807) is 31.2 Å². The van der Waals surface area contributed by atoms with Gasteiger partial charge < -0.3 is 4.42 Å². The first-order valence-corrected chi connectivity index (χ1v) is 9.09. The molecule has 0 aliphatic carbocycles. The standard InChI is InChI=1S/C15H16ClN3O4S/c1-11-5-6-12(16)8-14(11)19(24(2,21)22)10-15(20)18-17-9-13-4-3-7-23-13/h3-9H,10H2,1-2H3,(H,18,20)/b17-9-. The number of halogens is 1. The fraction of sp³-hybridized carbons (Fsp3) is 0.200. The molecule has 7 nitrogen and oxygen atoms in total. The largest absolute Gasteiger partial charge is 0.463 e. The summed E-state index contributed by atoms with van der Waals surface area (Å²) in [5.41, 5.74) is 3.28. The van der Waals surface area contributed by atoms with Gasteiger partial charge in [-0.3, -0.25) is 9.10 Å². The number of hydrazone groups is 1. The van der Waals surface area contributed by atoms with E-state index in [0.29, 0.717) is 22.0 Å². The highest BCUT2D eigenvalue weighted by Crippen LogP contribution is 2.26. The van der Waals surface area contributed by atoms with E-state index in [-0.39, 0.29) is 0 Å². The van der Waals surface area contributed by atoms with Crippen molar-refractivity contribution >= 4 is 39.4 Å². The van der Waals surface area contributed by atoms with Crippen LogP contribution in [0.1, 0.15) is 11.3 Å². The minimum atomic E-state index is -3.68. The van der Waals surface area contributed by atoms with E-state index in [1.165, 1.54) is 18.5 Å². The van der Waals surface area contributed by atoms with Crippen LogP contribution in [-0.2, 0) is 14.8 Å². The van der Waals surface area contributed by atoms with Crippen LogP contribution in [-0.4, -0.2) is 33.3 Å². The van der Waals surface area contributed by atoms with Crippen molar-refractivity contribution in [1.29, 1.82) is 0 Å². The molecule has 2 rings (SSSR count). The van der Waals surface area contributed by atoms with Gasteiger partial charge in [0.1, 0.15) is 12.3 Å². The third kappa shape index (κ3) is 4.84. The van der Waals surface area contributed by atoms with Gasteiger partial charge in [0.15, 0.2) is 0 Å². The molecular weight excluding hydrogens is 354 g/mol. The number of aryl methyl sites for hydroxylation is 1. The highest BCUT2D eigenvalue weighted by atomic mass is 35.5. The fourth-order valence-corrected chi connectivity index (χ4v) is 3.00. The third-order valence-corrected chi connectivity index (χ3v) is 4.41. The van der Waals surface area contributed by atoms with Gasteiger partial charge in [0.05, 0.1) is 24.4 Å². The quantitative estimate of drug-likeness (QED) is 0.623. The van der Waals surface area contributed by atoms with Crippen LogP contribution in [0.4, 0.5) is 5.69 Å². The second kappa shape index (κ2) is 7.50. The molecule has 1 amide bonds. The number of carbonyl (C=O) groups excluding carboxylic acids is 1. The Labute approximate surface area is 145 Å². The van der Waals surface area contributed by atoms with Gasteiger partial charge in [0.25, 0.3) is 5.91 Å². The van der Waals surface area contributed by atoms with Gasteiger partial charge in [-0.05, 0) is 36.8 Å². The average Bonchev–Trinajstić information content (AvgIpc) is 3.00. The van der Waals surface area contributed by atoms with Crippen molar-refractivity contribution < 1.29 is 17.6 Å². The van der Waals surface area contributed by atoms with E-state index in [4.69, 9.17) is 16.0 Å². The Morgan fingerprint density at radius 1 is 1.42 bits per heavy atom. The fourth-order valence-electron chi connectivity index (χ4n) is 1.93. The number of rotatable bonds is 6. The Bertz CT molecular complexity index is 848. The summed E-state index contributed by atoms with van der Waals surface area (Å²) < 4.78 is 30.1. The van der Waals surface area contributed by atoms with Gasteiger partial charge in [-0.25, -0.2) is 13.8 Å². The Morgan fingerprint density at radius 2 is 2.17 bits per heavy atom. The summed E-state index contributed by atoms with van der Waals surface area (Å²) in [4.78, 5) is 12.0. The number of anilines is 1. The van der Waals surface area contributed by atoms with Gasteiger partial charge in [-0.2, -0.15) is 5.10 Å². The molecule has 0 atom stereocenters. The summed E-state index contributed by atoms with van der Waals surface area (Å²) in [7, 11) is -3.68. The Kier molecular flexibility index (Phi) is 5.63. The highest BCUT2D eigenvalue weighted by Gasteiger charge is 2.22. The molecule has 0 bridgehead atoms. The van der Waals surface area contributed by atoms with Crippen molar-refractivity contribution in [3.05, 3.63) is 52.9 Å². The molecule has 9 heteroatoms. The molecule has 1 aromatic heterocycles. The molecule has 2 aromatic rings. The van der Waals surface area contributed by atoms with E-state index in [1.807, 2.05) is 0 Å². The smallest absolute Gasteiger partial charge is 0.260 e. The normalized spacial score (nSPS) is 11.6. The monoisotopic (exact) mass is 369 g/mol. The average molecular weight is 370 g/mol. The highest BCUT2D eigenvalue weighted by molar-refractivity contribution is 7.92. The van der Waals surface area contributed by atoms with Crippen LogP contribution in [0.25, 0.3) is 0 Å². The molecule has 0 unspecified atom stereocenters. The Balaban J connectivity index is 2.15. The summed E-state index contributed by atoms with van der Waals surface area (Å²) in [6.07, 6.45) is 3.80. The number of benzene rings is 1. The zero-order chi connectivity index (χ0) is 17.7. The van der Waals surface area contributed by atoms with Crippen LogP contribution in [0.15, 0.2) is 46.1 Å². The zero-order valence-electron chi connectivity index (χ0n) is 13.1. The van der Waals surface area contributed by atoms with Crippen molar-refractivity contribution in [1.82, 2.24) is 5.43 Å². The first-order chi connectivity index (χ1) is 11.3. The SMILES string of the molecule is Cc1ccc(Cl)cc1N(CC(=O)N/N=C\c1ccco1)S(C)(=O)=O. The maximum Gasteiger partial charge on any atom is 0.260 e. The molecule has 0 aliphatic rings. The zero-order valence-corrected chi connectivity index (χ0v) is 14.6. The van der Waals surface area contributed by atoms with Crippen LogP contribution in [0.5, 0.6) is 0 Å². The predicted octanol–water partition coefficient (Wildman–Crippen LogP) is 2.16. The van der Waals surface area contributed by atoms with Crippen LogP contribution in [0, 0.1) is 6.92 Å². The molecule has 0 saturated carbocycles. The van der Waals surface area contributed by atoms with Crippen LogP contribution in [0.2, 0.25) is 5.02 Å². The number of sulfonamides is 1. The number of carbonyl (C=O) groups is 1. The minimum absolute atomic E-state index is 0.343. The molecule has 1 heterocycles. The number of hydrogen-bond donors (Lipinski definition) is 1. The Hall–Kier alpha value is -2.32. The molecule has 0 fully saturated rings. The van der Waals surface area contributed by atoms with Crippen molar-refractivity contribution in [3.63, 3.8) is 0 Å². The third-order valence-electron chi connectivity index (χ3n) is 3.05. The lowest BCUT2D eigenvalue weighted by atomic mass is 10.2. The maximum absolute atomic E-state index is 12.0. The van der Waals surface area contributed by atoms with E-state index < -0.39 is 22.5 Å². The van der Waals surface area contributed by atoms with E-state index >= 15 is 0 Å². The molecule has 0 saturated heterocycles. The lowest BCUT2D eigenvalue weighted by Crippen LogP contribution is -2.39. The Morgan fingerprint density at radius 3 is 2.79 bits per heavy atom. The van der Waals surface area contributed by atoms with E-state index in [0.717, 1.165) is 10.6 Å². The predicted molar refractivity (Wildman–Crippen MR) is 92.8 cm³/mol. The van der Waals surface area contributed by atoms with Crippen molar-refractivity contribution in [2.24, 2.45) is 5.10 Å². The molecule has 128 valence electrons. The number of nitrogens with one attached hydrogen (secondary N) is 1. The van der Waals surface area contributed by atoms with E-state index in [2.05, 4.69) is 10.5 Å². The van der Waals surface area contributed by atoms with Gasteiger partial charge in [-0.1, -0.05) is 17.7 Å². The number of nitrogens with zero attached hydrogens (tertiary/aromatic N) is 2. The summed E-state index contributed by atoms with van der Waals surface area (Å²) in [5, 5.41) is 4.09. The molecule has 0 radical (unpaired) electrons. The van der Waals surface area contributed by atoms with Gasteiger partial charge in [0, 0.05) is 5.02 Å². The van der Waals surface area contributed by atoms with Crippen molar-refractivity contribution in [2.75, 3.05) is 17.1 Å². The van der Waals surface area contributed by atoms with Crippen LogP contribution >= 0.6 is 11.6 Å². The molecule has 24 heavy (non-hydrogen) atoms. The molecule has 0 spiro atoms. The maximum atomic E-state index is 12.0. The van der Waals surface area contributed by atoms with Gasteiger partial charge in [-0.15, -0.1) is 0 Å². The first kappa shape index (κ1) is 18.0. The van der Waals surface area contributed by atoms with Crippen LogP contribution in [0.3, 0.4) is 0 Å². The summed E-state index contributed by atoms with van der Waals surface area (Å²) in [5.74, 6) is -0.136.